The summed E-state index contributed by atoms with van der Waals surface area (Å²) in [6, 6.07) is 11.1. The van der Waals surface area contributed by atoms with E-state index in [1.54, 1.807) is 23.5 Å². The maximum Gasteiger partial charge on any atom is 0.232 e. The van der Waals surface area contributed by atoms with Crippen LogP contribution in [0.25, 0.3) is 6.08 Å². The van der Waals surface area contributed by atoms with Gasteiger partial charge < -0.3 is 18.9 Å². The standard InChI is InChI=1S/C23H17ClO5S/c1-13-5-17(27-11-15-7-16(24)6-14-10-26-12-28-23(14)15)8-19-21(13)22(25)20(29-19)9-18-3-2-4-30-18/h2-9H,10-12H2,1H3/b20-9-. The van der Waals surface area contributed by atoms with Crippen molar-refractivity contribution in [2.75, 3.05) is 6.79 Å². The third-order valence-electron chi connectivity index (χ3n) is 4.91. The van der Waals surface area contributed by atoms with Gasteiger partial charge in [0, 0.05) is 33.2 Å². The van der Waals surface area contributed by atoms with Gasteiger partial charge in [-0.3, -0.25) is 4.79 Å². The summed E-state index contributed by atoms with van der Waals surface area (Å²) in [4.78, 5) is 13.7. The van der Waals surface area contributed by atoms with Crippen LogP contribution in [0.1, 0.15) is 31.9 Å². The number of ketones is 1. The van der Waals surface area contributed by atoms with E-state index in [9.17, 15) is 4.79 Å². The summed E-state index contributed by atoms with van der Waals surface area (Å²) in [6.07, 6.45) is 1.77. The Morgan fingerprint density at radius 2 is 2.17 bits per heavy atom. The average molecular weight is 441 g/mol. The number of Topliss-reactive ketones (excluding diaryl/α,β-unsaturated/α-hetero) is 1. The maximum atomic E-state index is 12.8. The van der Waals surface area contributed by atoms with Crippen molar-refractivity contribution >= 4 is 34.8 Å². The van der Waals surface area contributed by atoms with Crippen LogP contribution in [0, 0.1) is 6.92 Å². The second-order valence-corrected chi connectivity index (χ2v) is 8.44. The van der Waals surface area contributed by atoms with Crippen LogP contribution in [0.15, 0.2) is 47.5 Å². The Kier molecular flexibility index (Phi) is 4.98. The lowest BCUT2D eigenvalue weighted by molar-refractivity contribution is -0.0175. The van der Waals surface area contributed by atoms with E-state index in [1.165, 1.54) is 0 Å². The Morgan fingerprint density at radius 1 is 1.27 bits per heavy atom. The van der Waals surface area contributed by atoms with Gasteiger partial charge in [0.25, 0.3) is 0 Å². The lowest BCUT2D eigenvalue weighted by Crippen LogP contribution is -2.14. The molecule has 2 aromatic carbocycles. The topological polar surface area (TPSA) is 54.0 Å². The van der Waals surface area contributed by atoms with Gasteiger partial charge in [-0.25, -0.2) is 0 Å². The molecule has 3 heterocycles. The quantitative estimate of drug-likeness (QED) is 0.482. The molecule has 0 N–H and O–H groups in total. The first-order valence-electron chi connectivity index (χ1n) is 9.35. The van der Waals surface area contributed by atoms with Crippen LogP contribution in [0.2, 0.25) is 5.02 Å². The lowest BCUT2D eigenvalue weighted by Gasteiger charge is -2.21. The van der Waals surface area contributed by atoms with Crippen LogP contribution in [0.4, 0.5) is 0 Å². The summed E-state index contributed by atoms with van der Waals surface area (Å²) in [5.74, 6) is 2.08. The van der Waals surface area contributed by atoms with Crippen LogP contribution in [0.3, 0.4) is 0 Å². The number of ether oxygens (including phenoxy) is 4. The number of halogens is 1. The monoisotopic (exact) mass is 440 g/mol. The lowest BCUT2D eigenvalue weighted by atomic mass is 10.0. The summed E-state index contributed by atoms with van der Waals surface area (Å²) >= 11 is 7.78. The van der Waals surface area contributed by atoms with Gasteiger partial charge in [-0.15, -0.1) is 11.3 Å². The first-order valence-corrected chi connectivity index (χ1v) is 10.6. The number of hydrogen-bond acceptors (Lipinski definition) is 6. The van der Waals surface area contributed by atoms with Crippen molar-refractivity contribution in [3.63, 3.8) is 0 Å². The fourth-order valence-electron chi connectivity index (χ4n) is 3.59. The molecule has 0 spiro atoms. The van der Waals surface area contributed by atoms with Gasteiger partial charge in [-0.2, -0.15) is 0 Å². The largest absolute Gasteiger partial charge is 0.489 e. The molecule has 0 unspecified atom stereocenters. The van der Waals surface area contributed by atoms with E-state index in [0.717, 1.165) is 27.3 Å². The smallest absolute Gasteiger partial charge is 0.232 e. The number of hydrogen-bond donors (Lipinski definition) is 0. The minimum Gasteiger partial charge on any atom is -0.489 e. The number of carbonyl (C=O) groups is 1. The summed E-state index contributed by atoms with van der Waals surface area (Å²) in [5, 5.41) is 2.56. The summed E-state index contributed by atoms with van der Waals surface area (Å²) in [6.45, 7) is 2.81. The SMILES string of the molecule is Cc1cc(OCc2cc(Cl)cc3c2OCOC3)cc2c1C(=O)/C(=C/c1cccs1)O2. The molecule has 30 heavy (non-hydrogen) atoms. The number of carbonyl (C=O) groups excluding carboxylic acids is 1. The molecule has 0 radical (unpaired) electrons. The minimum atomic E-state index is -0.111. The first kappa shape index (κ1) is 19.2. The second kappa shape index (κ2) is 7.80. The van der Waals surface area contributed by atoms with Crippen LogP contribution in [-0.2, 0) is 18.0 Å². The van der Waals surface area contributed by atoms with Crippen molar-refractivity contribution in [1.82, 2.24) is 0 Å². The van der Waals surface area contributed by atoms with E-state index in [0.29, 0.717) is 34.5 Å². The van der Waals surface area contributed by atoms with Crippen molar-refractivity contribution in [2.45, 2.75) is 20.1 Å². The van der Waals surface area contributed by atoms with E-state index in [1.807, 2.05) is 42.6 Å². The fourth-order valence-corrected chi connectivity index (χ4v) is 4.50. The van der Waals surface area contributed by atoms with E-state index < -0.39 is 0 Å². The van der Waals surface area contributed by atoms with Gasteiger partial charge >= 0.3 is 0 Å². The molecule has 152 valence electrons. The highest BCUT2D eigenvalue weighted by Crippen LogP contribution is 2.38. The predicted molar refractivity (Wildman–Crippen MR) is 115 cm³/mol. The molecule has 3 aromatic rings. The number of aryl methyl sites for hydroxylation is 1. The van der Waals surface area contributed by atoms with Gasteiger partial charge in [0.05, 0.1) is 12.2 Å². The second-order valence-electron chi connectivity index (χ2n) is 7.02. The number of rotatable bonds is 4. The van der Waals surface area contributed by atoms with Crippen molar-refractivity contribution in [2.24, 2.45) is 0 Å². The molecular weight excluding hydrogens is 424 g/mol. The van der Waals surface area contributed by atoms with Crippen LogP contribution in [-0.4, -0.2) is 12.6 Å². The third-order valence-corrected chi connectivity index (χ3v) is 5.94. The normalized spacial score (nSPS) is 16.1. The number of benzene rings is 2. The molecule has 7 heteroatoms. The molecule has 0 atom stereocenters. The number of allylic oxidation sites excluding steroid dienone is 1. The molecule has 0 aliphatic carbocycles. The van der Waals surface area contributed by atoms with Crippen LogP contribution >= 0.6 is 22.9 Å². The molecule has 0 saturated heterocycles. The first-order chi connectivity index (χ1) is 14.6. The summed E-state index contributed by atoms with van der Waals surface area (Å²) < 4.78 is 22.8. The Hall–Kier alpha value is -2.80. The zero-order chi connectivity index (χ0) is 20.7. The molecule has 5 nitrogen and oxygen atoms in total. The van der Waals surface area contributed by atoms with Crippen LogP contribution in [0.5, 0.6) is 17.2 Å². The molecular formula is C23H17ClO5S. The Bertz CT molecular complexity index is 1170. The van der Waals surface area contributed by atoms with Gasteiger partial charge in [0.2, 0.25) is 5.78 Å². The highest BCUT2D eigenvalue weighted by molar-refractivity contribution is 7.10. The van der Waals surface area contributed by atoms with E-state index >= 15 is 0 Å². The fraction of sp³-hybridized carbons (Fsp3) is 0.174. The van der Waals surface area contributed by atoms with Gasteiger partial charge in [0.15, 0.2) is 12.6 Å². The van der Waals surface area contributed by atoms with Gasteiger partial charge in [-0.1, -0.05) is 17.7 Å². The molecule has 0 fully saturated rings. The molecule has 5 rings (SSSR count). The molecule has 0 bridgehead atoms. The van der Waals surface area contributed by atoms with Gasteiger partial charge in [-0.05, 0) is 42.1 Å². The van der Waals surface area contributed by atoms with Gasteiger partial charge in [0.1, 0.15) is 23.9 Å². The summed E-state index contributed by atoms with van der Waals surface area (Å²) in [7, 11) is 0. The van der Waals surface area contributed by atoms with Crippen LogP contribution < -0.4 is 14.2 Å². The molecule has 0 saturated carbocycles. The molecule has 2 aliphatic heterocycles. The molecule has 0 amide bonds. The van der Waals surface area contributed by atoms with Crippen molar-refractivity contribution in [3.05, 3.63) is 79.7 Å². The highest BCUT2D eigenvalue weighted by Gasteiger charge is 2.30. The predicted octanol–water partition coefficient (Wildman–Crippen LogP) is 5.77. The maximum absolute atomic E-state index is 12.8. The molecule has 1 aromatic heterocycles. The van der Waals surface area contributed by atoms with E-state index in [2.05, 4.69) is 0 Å². The van der Waals surface area contributed by atoms with E-state index in [4.69, 9.17) is 30.5 Å². The number of thiophene rings is 1. The van der Waals surface area contributed by atoms with Crippen molar-refractivity contribution in [1.29, 1.82) is 0 Å². The third kappa shape index (κ3) is 3.58. The summed E-state index contributed by atoms with van der Waals surface area (Å²) in [5.41, 5.74) is 3.12. The Balaban J connectivity index is 1.39. The van der Waals surface area contributed by atoms with Crippen molar-refractivity contribution in [3.8, 4) is 17.2 Å². The zero-order valence-electron chi connectivity index (χ0n) is 16.1. The zero-order valence-corrected chi connectivity index (χ0v) is 17.6. The molecule has 2 aliphatic rings. The van der Waals surface area contributed by atoms with Crippen molar-refractivity contribution < 1.29 is 23.7 Å². The van der Waals surface area contributed by atoms with E-state index in [-0.39, 0.29) is 19.2 Å². The minimum absolute atomic E-state index is 0.111. The number of fused-ring (bicyclic) bond motifs is 2. The Labute approximate surface area is 182 Å². The average Bonchev–Trinajstić information content (AvgIpc) is 3.34. The Morgan fingerprint density at radius 3 is 3.00 bits per heavy atom. The highest BCUT2D eigenvalue weighted by atomic mass is 35.5.